The summed E-state index contributed by atoms with van der Waals surface area (Å²) < 4.78 is 39.0. The summed E-state index contributed by atoms with van der Waals surface area (Å²) in [4.78, 5) is 16.0. The third-order valence-corrected chi connectivity index (χ3v) is 7.57. The molecule has 0 aliphatic carbocycles. The van der Waals surface area contributed by atoms with Crippen molar-refractivity contribution in [1.29, 1.82) is 0 Å². The fourth-order valence-electron chi connectivity index (χ4n) is 3.08. The van der Waals surface area contributed by atoms with Crippen LogP contribution in [0.2, 0.25) is 0 Å². The van der Waals surface area contributed by atoms with Crippen LogP contribution in [0.5, 0.6) is 11.5 Å². The molecule has 1 atom stereocenters. The first-order valence-corrected chi connectivity index (χ1v) is 12.7. The van der Waals surface area contributed by atoms with Crippen molar-refractivity contribution in [2.75, 3.05) is 18.9 Å². The Labute approximate surface area is 202 Å². The number of rotatable bonds is 11. The zero-order chi connectivity index (χ0) is 24.9. The Bertz CT molecular complexity index is 1280. The molecule has 34 heavy (non-hydrogen) atoms. The van der Waals surface area contributed by atoms with Crippen LogP contribution in [-0.4, -0.2) is 38.6 Å². The molecule has 182 valence electrons. The number of anilines is 1. The Hall–Kier alpha value is -3.22. The molecule has 0 fully saturated rings. The van der Waals surface area contributed by atoms with E-state index < -0.39 is 14.9 Å². The summed E-state index contributed by atoms with van der Waals surface area (Å²) in [6.45, 7) is 4.52. The van der Waals surface area contributed by atoms with Crippen molar-refractivity contribution >= 4 is 32.2 Å². The lowest BCUT2D eigenvalue weighted by Crippen LogP contribution is -2.24. The smallest absolute Gasteiger partial charge is 0.270 e. The molecule has 3 rings (SSSR count). The van der Waals surface area contributed by atoms with E-state index in [9.17, 15) is 18.5 Å². The Balaban J connectivity index is 1.98. The number of thiazole rings is 1. The summed E-state index contributed by atoms with van der Waals surface area (Å²) >= 11 is 1.17. The summed E-state index contributed by atoms with van der Waals surface area (Å²) in [5.74, 6) is 0.683. The van der Waals surface area contributed by atoms with Crippen molar-refractivity contribution in [3.05, 3.63) is 57.5 Å². The molecule has 0 aliphatic rings. The maximum atomic E-state index is 13.0. The number of non-ortho nitro benzene ring substituents is 1. The van der Waals surface area contributed by atoms with Crippen molar-refractivity contribution in [2.24, 2.45) is 0 Å². The largest absolute Gasteiger partial charge is 0.493 e. The van der Waals surface area contributed by atoms with E-state index in [0.717, 1.165) is 11.3 Å². The van der Waals surface area contributed by atoms with Gasteiger partial charge in [-0.1, -0.05) is 30.4 Å². The molecular formula is C22H26N4O6S2. The summed E-state index contributed by atoms with van der Waals surface area (Å²) in [6, 6.07) is 10.6. The average Bonchev–Trinajstić information content (AvgIpc) is 3.23. The Morgan fingerprint density at radius 2 is 1.88 bits per heavy atom. The molecule has 1 aromatic heterocycles. The van der Waals surface area contributed by atoms with Gasteiger partial charge in [0.1, 0.15) is 0 Å². The highest BCUT2D eigenvalue weighted by atomic mass is 32.2. The SMILES string of the molecule is CCC(C)NCc1sc(NS(=O)(=O)c2ccc(OC)c(OC)c2)nc1-c1cccc([N+](=O)[O-])c1. The van der Waals surface area contributed by atoms with E-state index >= 15 is 0 Å². The van der Waals surface area contributed by atoms with Gasteiger partial charge in [-0.25, -0.2) is 13.4 Å². The van der Waals surface area contributed by atoms with E-state index in [1.807, 2.05) is 6.92 Å². The monoisotopic (exact) mass is 506 g/mol. The molecule has 0 saturated heterocycles. The summed E-state index contributed by atoms with van der Waals surface area (Å²) in [5, 5.41) is 14.7. The molecule has 3 aromatic rings. The van der Waals surface area contributed by atoms with Gasteiger partial charge in [0.15, 0.2) is 16.6 Å². The van der Waals surface area contributed by atoms with Crippen molar-refractivity contribution in [2.45, 2.75) is 37.8 Å². The fraction of sp³-hybridized carbons (Fsp3) is 0.318. The third-order valence-electron chi connectivity index (χ3n) is 5.14. The highest BCUT2D eigenvalue weighted by molar-refractivity contribution is 7.93. The van der Waals surface area contributed by atoms with Gasteiger partial charge in [0.05, 0.1) is 29.7 Å². The number of nitro groups is 1. The second kappa shape index (κ2) is 10.8. The van der Waals surface area contributed by atoms with Crippen LogP contribution in [-0.2, 0) is 16.6 Å². The zero-order valence-corrected chi connectivity index (χ0v) is 20.8. The first kappa shape index (κ1) is 25.4. The lowest BCUT2D eigenvalue weighted by atomic mass is 10.1. The Kier molecular flexibility index (Phi) is 8.07. The van der Waals surface area contributed by atoms with E-state index in [-0.39, 0.29) is 27.5 Å². The number of nitrogens with one attached hydrogen (secondary N) is 2. The molecule has 0 saturated carbocycles. The first-order valence-electron chi connectivity index (χ1n) is 10.4. The molecule has 2 aromatic carbocycles. The van der Waals surface area contributed by atoms with E-state index in [4.69, 9.17) is 9.47 Å². The van der Waals surface area contributed by atoms with Gasteiger partial charge >= 0.3 is 0 Å². The molecular weight excluding hydrogens is 480 g/mol. The number of methoxy groups -OCH3 is 2. The standard InChI is InChI=1S/C22H26N4O6S2/c1-5-14(2)23-13-20-21(15-7-6-8-16(11-15)26(27)28)24-22(33-20)25-34(29,30)17-9-10-18(31-3)19(12-17)32-4/h6-12,14,23H,5,13H2,1-4H3,(H,24,25). The van der Waals surface area contributed by atoms with Gasteiger partial charge in [-0.3, -0.25) is 14.8 Å². The number of aromatic nitrogens is 1. The summed E-state index contributed by atoms with van der Waals surface area (Å²) in [5.41, 5.74) is 0.941. The van der Waals surface area contributed by atoms with Crippen molar-refractivity contribution < 1.29 is 22.8 Å². The number of nitrogens with zero attached hydrogens (tertiary/aromatic N) is 2. The molecule has 1 unspecified atom stereocenters. The van der Waals surface area contributed by atoms with Crippen LogP contribution in [0.1, 0.15) is 25.1 Å². The maximum Gasteiger partial charge on any atom is 0.270 e. The second-order valence-electron chi connectivity index (χ2n) is 7.41. The van der Waals surface area contributed by atoms with Crippen LogP contribution < -0.4 is 19.5 Å². The third kappa shape index (κ3) is 5.82. The Morgan fingerprint density at radius 1 is 1.15 bits per heavy atom. The second-order valence-corrected chi connectivity index (χ2v) is 10.2. The molecule has 0 aliphatic heterocycles. The minimum atomic E-state index is -3.98. The van der Waals surface area contributed by atoms with Crippen LogP contribution in [0.25, 0.3) is 11.3 Å². The van der Waals surface area contributed by atoms with Gasteiger partial charge in [0, 0.05) is 41.2 Å². The molecule has 0 amide bonds. The molecule has 0 bridgehead atoms. The lowest BCUT2D eigenvalue weighted by Gasteiger charge is -2.10. The van der Waals surface area contributed by atoms with Crippen LogP contribution in [0.15, 0.2) is 47.4 Å². The number of hydrogen-bond donors (Lipinski definition) is 2. The maximum absolute atomic E-state index is 13.0. The highest BCUT2D eigenvalue weighted by Crippen LogP contribution is 2.35. The molecule has 10 nitrogen and oxygen atoms in total. The average molecular weight is 507 g/mol. The summed E-state index contributed by atoms with van der Waals surface area (Å²) in [6.07, 6.45) is 0.906. The van der Waals surface area contributed by atoms with Crippen LogP contribution in [0.4, 0.5) is 10.8 Å². The van der Waals surface area contributed by atoms with Crippen LogP contribution in [0.3, 0.4) is 0 Å². The van der Waals surface area contributed by atoms with Crippen molar-refractivity contribution in [1.82, 2.24) is 10.3 Å². The summed E-state index contributed by atoms with van der Waals surface area (Å²) in [7, 11) is -1.10. The fourth-order valence-corrected chi connectivity index (χ4v) is 5.26. The van der Waals surface area contributed by atoms with E-state index in [1.165, 1.54) is 55.9 Å². The number of nitro benzene ring substituents is 1. The number of ether oxygens (including phenoxy) is 2. The number of hydrogen-bond acceptors (Lipinski definition) is 9. The molecule has 0 spiro atoms. The predicted molar refractivity (Wildman–Crippen MR) is 131 cm³/mol. The number of benzene rings is 2. The minimum Gasteiger partial charge on any atom is -0.493 e. The highest BCUT2D eigenvalue weighted by Gasteiger charge is 2.22. The van der Waals surface area contributed by atoms with Crippen LogP contribution in [0, 0.1) is 10.1 Å². The first-order chi connectivity index (χ1) is 16.2. The van der Waals surface area contributed by atoms with Crippen molar-refractivity contribution in [3.8, 4) is 22.8 Å². The molecule has 2 N–H and O–H groups in total. The van der Waals surface area contributed by atoms with E-state index in [0.29, 0.717) is 23.6 Å². The lowest BCUT2D eigenvalue weighted by molar-refractivity contribution is -0.384. The van der Waals surface area contributed by atoms with E-state index in [2.05, 4.69) is 21.9 Å². The van der Waals surface area contributed by atoms with Crippen molar-refractivity contribution in [3.63, 3.8) is 0 Å². The van der Waals surface area contributed by atoms with Gasteiger partial charge in [0.25, 0.3) is 15.7 Å². The molecule has 12 heteroatoms. The van der Waals surface area contributed by atoms with Gasteiger partial charge in [-0.2, -0.15) is 0 Å². The number of sulfonamides is 1. The van der Waals surface area contributed by atoms with Gasteiger partial charge in [-0.15, -0.1) is 0 Å². The van der Waals surface area contributed by atoms with Gasteiger partial charge in [0.2, 0.25) is 0 Å². The molecule has 1 heterocycles. The molecule has 0 radical (unpaired) electrons. The van der Waals surface area contributed by atoms with Gasteiger partial charge in [-0.05, 0) is 25.5 Å². The van der Waals surface area contributed by atoms with Gasteiger partial charge < -0.3 is 14.8 Å². The normalized spacial score (nSPS) is 12.2. The topological polar surface area (TPSA) is 133 Å². The van der Waals surface area contributed by atoms with E-state index in [1.54, 1.807) is 12.1 Å². The predicted octanol–water partition coefficient (Wildman–Crippen LogP) is 4.42. The minimum absolute atomic E-state index is 0.0171. The Morgan fingerprint density at radius 3 is 2.53 bits per heavy atom. The van der Waals surface area contributed by atoms with Crippen LogP contribution >= 0.6 is 11.3 Å². The zero-order valence-electron chi connectivity index (χ0n) is 19.2. The quantitative estimate of drug-likeness (QED) is 0.288.